The molecule has 1 saturated heterocycles. The molecule has 0 aliphatic carbocycles. The van der Waals surface area contributed by atoms with E-state index < -0.39 is 0 Å². The van der Waals surface area contributed by atoms with Crippen LogP contribution in [0.15, 0.2) is 34.2 Å². The van der Waals surface area contributed by atoms with Crippen molar-refractivity contribution in [1.82, 2.24) is 10.6 Å². The lowest BCUT2D eigenvalue weighted by molar-refractivity contribution is 0.0168. The smallest absolute Gasteiger partial charge is 0.191 e. The average Bonchev–Trinajstić information content (AvgIpc) is 3.14. The molecule has 7 heteroatoms. The van der Waals surface area contributed by atoms with Gasteiger partial charge in [0.15, 0.2) is 5.96 Å². The van der Waals surface area contributed by atoms with Gasteiger partial charge in [0.2, 0.25) is 0 Å². The van der Waals surface area contributed by atoms with E-state index in [4.69, 9.17) is 9.47 Å². The van der Waals surface area contributed by atoms with Crippen LogP contribution in [0.25, 0.3) is 0 Å². The van der Waals surface area contributed by atoms with Gasteiger partial charge in [-0.3, -0.25) is 4.99 Å². The normalized spacial score (nSPS) is 17.0. The molecule has 5 nitrogen and oxygen atoms in total. The molecule has 148 valence electrons. The summed E-state index contributed by atoms with van der Waals surface area (Å²) in [5.74, 6) is 1.86. The standard InChI is InChI=1S/C19H31N3O2S.HI/c1-16-6-8-18(9-7-16)25-14-11-22-19(20-2)21-10-4-12-23-15-17-5-3-13-24-17;/h6-9,17H,3-5,10-15H2,1-2H3,(H2,20,21,22);1H. The number of nitrogens with zero attached hydrogens (tertiary/aromatic N) is 1. The first-order valence-electron chi connectivity index (χ1n) is 9.11. The summed E-state index contributed by atoms with van der Waals surface area (Å²) in [4.78, 5) is 5.55. The van der Waals surface area contributed by atoms with Crippen LogP contribution in [-0.2, 0) is 9.47 Å². The molecule has 1 fully saturated rings. The van der Waals surface area contributed by atoms with Gasteiger partial charge in [-0.05, 0) is 38.3 Å². The largest absolute Gasteiger partial charge is 0.379 e. The first-order valence-corrected chi connectivity index (χ1v) is 10.1. The van der Waals surface area contributed by atoms with Crippen molar-refractivity contribution in [2.24, 2.45) is 4.99 Å². The van der Waals surface area contributed by atoms with E-state index in [0.29, 0.717) is 6.10 Å². The molecule has 1 aromatic rings. The fraction of sp³-hybridized carbons (Fsp3) is 0.632. The molecular formula is C19H32IN3O2S. The van der Waals surface area contributed by atoms with Crippen LogP contribution in [-0.4, -0.2) is 57.8 Å². The quantitative estimate of drug-likeness (QED) is 0.172. The van der Waals surface area contributed by atoms with Crippen LogP contribution < -0.4 is 10.6 Å². The molecule has 0 bridgehead atoms. The number of nitrogens with one attached hydrogen (secondary N) is 2. The number of thioether (sulfide) groups is 1. The minimum atomic E-state index is 0. The van der Waals surface area contributed by atoms with E-state index in [0.717, 1.165) is 57.5 Å². The Labute approximate surface area is 179 Å². The number of aryl methyl sites for hydroxylation is 1. The molecule has 0 amide bonds. The second-order valence-electron chi connectivity index (χ2n) is 6.15. The van der Waals surface area contributed by atoms with Crippen molar-refractivity contribution in [3.8, 4) is 0 Å². The number of aliphatic imine (C=N–C) groups is 1. The van der Waals surface area contributed by atoms with Gasteiger partial charge in [0, 0.05) is 44.0 Å². The van der Waals surface area contributed by atoms with Crippen LogP contribution in [0.2, 0.25) is 0 Å². The van der Waals surface area contributed by atoms with Gasteiger partial charge in [-0.25, -0.2) is 0 Å². The Morgan fingerprint density at radius 3 is 2.73 bits per heavy atom. The highest BCUT2D eigenvalue weighted by Gasteiger charge is 2.14. The first-order chi connectivity index (χ1) is 12.3. The van der Waals surface area contributed by atoms with Gasteiger partial charge < -0.3 is 20.1 Å². The van der Waals surface area contributed by atoms with E-state index in [2.05, 4.69) is 46.8 Å². The number of benzene rings is 1. The predicted octanol–water partition coefficient (Wildman–Crippen LogP) is 3.46. The molecule has 1 heterocycles. The van der Waals surface area contributed by atoms with Crippen LogP contribution in [0, 0.1) is 6.92 Å². The van der Waals surface area contributed by atoms with E-state index in [1.165, 1.54) is 16.9 Å². The lowest BCUT2D eigenvalue weighted by Gasteiger charge is -2.13. The topological polar surface area (TPSA) is 54.9 Å². The summed E-state index contributed by atoms with van der Waals surface area (Å²) in [6, 6.07) is 8.64. The van der Waals surface area contributed by atoms with E-state index >= 15 is 0 Å². The Bertz CT molecular complexity index is 508. The Balaban J connectivity index is 0.00000338. The highest BCUT2D eigenvalue weighted by atomic mass is 127. The van der Waals surface area contributed by atoms with Gasteiger partial charge in [-0.15, -0.1) is 35.7 Å². The Morgan fingerprint density at radius 1 is 1.27 bits per heavy atom. The fourth-order valence-electron chi connectivity index (χ4n) is 2.57. The summed E-state index contributed by atoms with van der Waals surface area (Å²) in [6.45, 7) is 6.22. The van der Waals surface area contributed by atoms with Gasteiger partial charge in [-0.1, -0.05) is 17.7 Å². The molecule has 0 aromatic heterocycles. The van der Waals surface area contributed by atoms with Gasteiger partial charge in [0.1, 0.15) is 0 Å². The number of halogens is 1. The van der Waals surface area contributed by atoms with Crippen LogP contribution in [0.5, 0.6) is 0 Å². The van der Waals surface area contributed by atoms with Gasteiger partial charge in [-0.2, -0.15) is 0 Å². The molecule has 1 aliphatic heterocycles. The van der Waals surface area contributed by atoms with E-state index in [-0.39, 0.29) is 24.0 Å². The van der Waals surface area contributed by atoms with Crippen molar-refractivity contribution in [3.63, 3.8) is 0 Å². The van der Waals surface area contributed by atoms with Crippen molar-refractivity contribution in [3.05, 3.63) is 29.8 Å². The Hall–Kier alpha value is -0.510. The second-order valence-corrected chi connectivity index (χ2v) is 7.32. The third kappa shape index (κ3) is 9.99. The zero-order chi connectivity index (χ0) is 17.7. The van der Waals surface area contributed by atoms with Crippen LogP contribution in [0.1, 0.15) is 24.8 Å². The predicted molar refractivity (Wildman–Crippen MR) is 121 cm³/mol. The Morgan fingerprint density at radius 2 is 2.04 bits per heavy atom. The molecule has 0 radical (unpaired) electrons. The maximum absolute atomic E-state index is 5.66. The number of guanidine groups is 1. The minimum absolute atomic E-state index is 0. The zero-order valence-corrected chi connectivity index (χ0v) is 19.0. The molecule has 2 N–H and O–H groups in total. The van der Waals surface area contributed by atoms with E-state index in [1.54, 1.807) is 7.05 Å². The average molecular weight is 493 g/mol. The van der Waals surface area contributed by atoms with Crippen LogP contribution in [0.3, 0.4) is 0 Å². The number of rotatable bonds is 10. The third-order valence-corrected chi connectivity index (χ3v) is 5.01. The number of ether oxygens (including phenoxy) is 2. The summed E-state index contributed by atoms with van der Waals surface area (Å²) in [5.41, 5.74) is 1.30. The van der Waals surface area contributed by atoms with Gasteiger partial charge in [0.25, 0.3) is 0 Å². The fourth-order valence-corrected chi connectivity index (χ4v) is 3.33. The third-order valence-electron chi connectivity index (χ3n) is 3.99. The molecule has 2 rings (SSSR count). The number of hydrogen-bond donors (Lipinski definition) is 2. The maximum Gasteiger partial charge on any atom is 0.191 e. The van der Waals surface area contributed by atoms with E-state index in [1.807, 2.05) is 11.8 Å². The van der Waals surface area contributed by atoms with Gasteiger partial charge in [0.05, 0.1) is 12.7 Å². The maximum atomic E-state index is 5.66. The highest BCUT2D eigenvalue weighted by Crippen LogP contribution is 2.17. The summed E-state index contributed by atoms with van der Waals surface area (Å²) in [6.07, 6.45) is 3.58. The number of hydrogen-bond acceptors (Lipinski definition) is 4. The van der Waals surface area contributed by atoms with Crippen molar-refractivity contribution >= 4 is 41.7 Å². The van der Waals surface area contributed by atoms with Crippen LogP contribution in [0.4, 0.5) is 0 Å². The summed E-state index contributed by atoms with van der Waals surface area (Å²) in [5, 5.41) is 6.67. The Kier molecular flexibility index (Phi) is 13.2. The zero-order valence-electron chi connectivity index (χ0n) is 15.8. The van der Waals surface area contributed by atoms with Crippen molar-refractivity contribution in [2.75, 3.05) is 45.7 Å². The first kappa shape index (κ1) is 23.5. The van der Waals surface area contributed by atoms with Crippen LogP contribution >= 0.6 is 35.7 Å². The van der Waals surface area contributed by atoms with Crippen molar-refractivity contribution in [1.29, 1.82) is 0 Å². The second kappa shape index (κ2) is 14.5. The lowest BCUT2D eigenvalue weighted by atomic mass is 10.2. The monoisotopic (exact) mass is 493 g/mol. The molecule has 26 heavy (non-hydrogen) atoms. The molecule has 0 saturated carbocycles. The molecule has 1 aromatic carbocycles. The molecular weight excluding hydrogens is 461 g/mol. The minimum Gasteiger partial charge on any atom is -0.379 e. The summed E-state index contributed by atoms with van der Waals surface area (Å²) < 4.78 is 11.2. The lowest BCUT2D eigenvalue weighted by Crippen LogP contribution is -2.39. The summed E-state index contributed by atoms with van der Waals surface area (Å²) in [7, 11) is 1.80. The molecule has 1 atom stereocenters. The SMILES string of the molecule is CN=C(NCCCOCC1CCCO1)NCCSc1ccc(C)cc1.I. The van der Waals surface area contributed by atoms with E-state index in [9.17, 15) is 0 Å². The summed E-state index contributed by atoms with van der Waals surface area (Å²) >= 11 is 1.85. The molecule has 1 aliphatic rings. The highest BCUT2D eigenvalue weighted by molar-refractivity contribution is 14.0. The van der Waals surface area contributed by atoms with Crippen molar-refractivity contribution in [2.45, 2.75) is 37.2 Å². The van der Waals surface area contributed by atoms with Gasteiger partial charge >= 0.3 is 0 Å². The van der Waals surface area contributed by atoms with Crippen molar-refractivity contribution < 1.29 is 9.47 Å². The molecule has 1 unspecified atom stereocenters. The molecule has 0 spiro atoms.